The number of rotatable bonds is 6. The smallest absolute Gasteiger partial charge is 0.248 e. The molecule has 0 unspecified atom stereocenters. The Bertz CT molecular complexity index is 603. The molecule has 0 aliphatic carbocycles. The Hall–Kier alpha value is -1.89. The van der Waals surface area contributed by atoms with Gasteiger partial charge in [0.05, 0.1) is 6.54 Å². The highest BCUT2D eigenvalue weighted by Gasteiger charge is 2.35. The van der Waals surface area contributed by atoms with Crippen LogP contribution in [0.4, 0.5) is 5.82 Å². The summed E-state index contributed by atoms with van der Waals surface area (Å²) in [5, 5.41) is 7.24. The van der Waals surface area contributed by atoms with Gasteiger partial charge in [-0.3, -0.25) is 14.3 Å². The number of aromatic nitrogens is 2. The first kappa shape index (κ1) is 19.4. The first-order chi connectivity index (χ1) is 11.7. The van der Waals surface area contributed by atoms with Crippen LogP contribution in [0.25, 0.3) is 0 Å². The summed E-state index contributed by atoms with van der Waals surface area (Å²) in [6.45, 7) is 8.42. The van der Waals surface area contributed by atoms with Gasteiger partial charge in [-0.2, -0.15) is 5.10 Å². The van der Waals surface area contributed by atoms with E-state index in [2.05, 4.69) is 15.3 Å². The minimum Gasteiger partial charge on any atom is -0.331 e. The second-order valence-electron chi connectivity index (χ2n) is 8.24. The van der Waals surface area contributed by atoms with Gasteiger partial charge >= 0.3 is 0 Å². The van der Waals surface area contributed by atoms with Crippen LogP contribution in [-0.4, -0.2) is 64.6 Å². The van der Waals surface area contributed by atoms with Crippen molar-refractivity contribution in [3.63, 3.8) is 0 Å². The summed E-state index contributed by atoms with van der Waals surface area (Å²) in [6.07, 6.45) is 3.89. The minimum atomic E-state index is -0.387. The minimum absolute atomic E-state index is 0.0571. The normalized spacial score (nSPS) is 18.0. The van der Waals surface area contributed by atoms with Crippen LogP contribution < -0.4 is 5.32 Å². The lowest BCUT2D eigenvalue weighted by Gasteiger charge is -2.27. The highest BCUT2D eigenvalue weighted by atomic mass is 16.2. The summed E-state index contributed by atoms with van der Waals surface area (Å²) in [5.74, 6) is 0.457. The molecule has 2 rings (SSSR count). The first-order valence-electron chi connectivity index (χ1n) is 8.94. The number of carbonyl (C=O) groups excluding carboxylic acids is 2. The van der Waals surface area contributed by atoms with Crippen molar-refractivity contribution in [2.75, 3.05) is 32.5 Å². The van der Waals surface area contributed by atoms with Crippen molar-refractivity contribution in [3.8, 4) is 0 Å². The van der Waals surface area contributed by atoms with E-state index in [1.54, 1.807) is 11.0 Å². The van der Waals surface area contributed by atoms with Gasteiger partial charge in [-0.05, 0) is 32.4 Å². The Morgan fingerprint density at radius 1 is 1.36 bits per heavy atom. The molecule has 7 nitrogen and oxygen atoms in total. The maximum Gasteiger partial charge on any atom is 0.248 e. The van der Waals surface area contributed by atoms with Crippen LogP contribution >= 0.6 is 0 Å². The van der Waals surface area contributed by atoms with E-state index in [9.17, 15) is 9.59 Å². The molecule has 0 aromatic carbocycles. The molecule has 2 heterocycles. The van der Waals surface area contributed by atoms with Gasteiger partial charge in [0.1, 0.15) is 6.04 Å². The molecular formula is C18H31N5O2. The molecule has 0 bridgehead atoms. The molecule has 7 heteroatoms. The molecule has 0 spiro atoms. The van der Waals surface area contributed by atoms with E-state index in [1.807, 2.05) is 45.7 Å². The van der Waals surface area contributed by atoms with Crippen LogP contribution in [0, 0.1) is 5.41 Å². The molecule has 1 atom stereocenters. The van der Waals surface area contributed by atoms with Crippen LogP contribution in [0.3, 0.4) is 0 Å². The number of nitrogens with one attached hydrogen (secondary N) is 1. The van der Waals surface area contributed by atoms with E-state index < -0.39 is 0 Å². The van der Waals surface area contributed by atoms with Crippen molar-refractivity contribution in [2.45, 2.75) is 52.6 Å². The van der Waals surface area contributed by atoms with Crippen LogP contribution in [0.5, 0.6) is 0 Å². The number of carbonyl (C=O) groups is 2. The third-order valence-corrected chi connectivity index (χ3v) is 4.23. The molecule has 1 N–H and O–H groups in total. The van der Waals surface area contributed by atoms with Crippen molar-refractivity contribution in [1.82, 2.24) is 19.6 Å². The average Bonchev–Trinajstić information content (AvgIpc) is 3.12. The standard InChI is InChI=1S/C18H31N5O2/c1-18(2,3)13-16(24)23-9-6-7-14(23)17(25)19-15-8-10-22(20-15)12-11-21(4)5/h8,10,14H,6-7,9,11-13H2,1-5H3,(H,19,20,25)/t14-/m0/s1. The fourth-order valence-electron chi connectivity index (χ4n) is 2.96. The number of hydrogen-bond acceptors (Lipinski definition) is 4. The fourth-order valence-corrected chi connectivity index (χ4v) is 2.96. The zero-order chi connectivity index (χ0) is 18.6. The summed E-state index contributed by atoms with van der Waals surface area (Å²) < 4.78 is 1.81. The molecule has 1 aromatic heterocycles. The molecule has 140 valence electrons. The second kappa shape index (κ2) is 7.99. The Balaban J connectivity index is 1.94. The van der Waals surface area contributed by atoms with Crippen molar-refractivity contribution < 1.29 is 9.59 Å². The van der Waals surface area contributed by atoms with E-state index in [0.717, 1.165) is 19.5 Å². The van der Waals surface area contributed by atoms with E-state index in [0.29, 0.717) is 25.2 Å². The lowest BCUT2D eigenvalue weighted by molar-refractivity contribution is -0.138. The Morgan fingerprint density at radius 3 is 2.72 bits per heavy atom. The van der Waals surface area contributed by atoms with E-state index in [-0.39, 0.29) is 23.3 Å². The zero-order valence-electron chi connectivity index (χ0n) is 16.1. The lowest BCUT2D eigenvalue weighted by atomic mass is 9.91. The third kappa shape index (κ3) is 5.85. The SMILES string of the molecule is CN(C)CCn1ccc(NC(=O)[C@@H]2CCCN2C(=O)CC(C)(C)C)n1. The molecule has 25 heavy (non-hydrogen) atoms. The highest BCUT2D eigenvalue weighted by molar-refractivity contribution is 5.96. The quantitative estimate of drug-likeness (QED) is 0.850. The molecule has 1 aromatic rings. The van der Waals surface area contributed by atoms with Crippen molar-refractivity contribution in [3.05, 3.63) is 12.3 Å². The molecule has 2 amide bonds. The van der Waals surface area contributed by atoms with Crippen LogP contribution in [-0.2, 0) is 16.1 Å². The second-order valence-corrected chi connectivity index (χ2v) is 8.24. The molecular weight excluding hydrogens is 318 g/mol. The largest absolute Gasteiger partial charge is 0.331 e. The Kier molecular flexibility index (Phi) is 6.21. The van der Waals surface area contributed by atoms with Gasteiger partial charge in [0.25, 0.3) is 0 Å². The summed E-state index contributed by atoms with van der Waals surface area (Å²) in [4.78, 5) is 28.9. The highest BCUT2D eigenvalue weighted by Crippen LogP contribution is 2.25. The topological polar surface area (TPSA) is 70.5 Å². The molecule has 1 fully saturated rings. The predicted molar refractivity (Wildman–Crippen MR) is 98.2 cm³/mol. The van der Waals surface area contributed by atoms with Gasteiger partial charge in [0.15, 0.2) is 5.82 Å². The number of hydrogen-bond donors (Lipinski definition) is 1. The monoisotopic (exact) mass is 349 g/mol. The van der Waals surface area contributed by atoms with Gasteiger partial charge in [-0.15, -0.1) is 0 Å². The zero-order valence-corrected chi connectivity index (χ0v) is 16.1. The first-order valence-corrected chi connectivity index (χ1v) is 8.94. The van der Waals surface area contributed by atoms with Gasteiger partial charge in [-0.25, -0.2) is 0 Å². The predicted octanol–water partition coefficient (Wildman–Crippen LogP) is 1.81. The Labute approximate surface area is 150 Å². The van der Waals surface area contributed by atoms with Gasteiger partial charge in [-0.1, -0.05) is 20.8 Å². The van der Waals surface area contributed by atoms with Crippen LogP contribution in [0.15, 0.2) is 12.3 Å². The molecule has 1 aliphatic heterocycles. The number of nitrogens with zero attached hydrogens (tertiary/aromatic N) is 4. The van der Waals surface area contributed by atoms with Crippen molar-refractivity contribution in [1.29, 1.82) is 0 Å². The number of amides is 2. The van der Waals surface area contributed by atoms with Crippen molar-refractivity contribution >= 4 is 17.6 Å². The van der Waals surface area contributed by atoms with E-state index in [4.69, 9.17) is 0 Å². The summed E-state index contributed by atoms with van der Waals surface area (Å²) in [5.41, 5.74) is -0.0775. The molecule has 1 saturated heterocycles. The third-order valence-electron chi connectivity index (χ3n) is 4.23. The number of likely N-dealkylation sites (N-methyl/N-ethyl adjacent to an activating group) is 1. The van der Waals surface area contributed by atoms with Gasteiger partial charge < -0.3 is 15.1 Å². The van der Waals surface area contributed by atoms with Gasteiger partial charge in [0.2, 0.25) is 11.8 Å². The Morgan fingerprint density at radius 2 is 2.08 bits per heavy atom. The fraction of sp³-hybridized carbons (Fsp3) is 0.722. The number of likely N-dealkylation sites (tertiary alicyclic amines) is 1. The lowest BCUT2D eigenvalue weighted by Crippen LogP contribution is -2.44. The maximum atomic E-state index is 12.6. The van der Waals surface area contributed by atoms with Crippen LogP contribution in [0.2, 0.25) is 0 Å². The van der Waals surface area contributed by atoms with Crippen molar-refractivity contribution in [2.24, 2.45) is 5.41 Å². The average molecular weight is 349 g/mol. The number of anilines is 1. The molecule has 0 radical (unpaired) electrons. The molecule has 1 aliphatic rings. The van der Waals surface area contributed by atoms with Crippen LogP contribution in [0.1, 0.15) is 40.0 Å². The summed E-state index contributed by atoms with van der Waals surface area (Å²) in [6, 6.07) is 1.41. The molecule has 0 saturated carbocycles. The summed E-state index contributed by atoms with van der Waals surface area (Å²) in [7, 11) is 4.02. The van der Waals surface area contributed by atoms with E-state index in [1.165, 1.54) is 0 Å². The van der Waals surface area contributed by atoms with E-state index >= 15 is 0 Å². The maximum absolute atomic E-state index is 12.6. The summed E-state index contributed by atoms with van der Waals surface area (Å²) >= 11 is 0. The van der Waals surface area contributed by atoms with Gasteiger partial charge in [0, 0.05) is 31.8 Å².